The molecule has 1 aromatic rings. The minimum absolute atomic E-state index is 0.421. The Labute approximate surface area is 91.8 Å². The van der Waals surface area contributed by atoms with Crippen molar-refractivity contribution in [3.05, 3.63) is 42.5 Å². The number of hydrogen-bond donors (Lipinski definition) is 0. The van der Waals surface area contributed by atoms with Gasteiger partial charge in [0.1, 0.15) is 6.29 Å². The Bertz CT molecular complexity index is 340. The zero-order valence-electron chi connectivity index (χ0n) is 9.49. The third kappa shape index (κ3) is 2.56. The SMILES string of the molecule is C=C(c1ccccc1)[C@@](C)(C=O)CCC. The van der Waals surface area contributed by atoms with E-state index in [-0.39, 0.29) is 0 Å². The molecule has 0 aliphatic heterocycles. The molecule has 0 aromatic heterocycles. The van der Waals surface area contributed by atoms with Crippen molar-refractivity contribution in [2.24, 2.45) is 5.41 Å². The molecular weight excluding hydrogens is 184 g/mol. The highest BCUT2D eigenvalue weighted by atomic mass is 16.1. The summed E-state index contributed by atoms with van der Waals surface area (Å²) in [5, 5.41) is 0. The van der Waals surface area contributed by atoms with Crippen LogP contribution in [0.1, 0.15) is 32.3 Å². The molecule has 0 aliphatic rings. The maximum absolute atomic E-state index is 11.2. The van der Waals surface area contributed by atoms with Crippen molar-refractivity contribution in [1.82, 2.24) is 0 Å². The van der Waals surface area contributed by atoms with Crippen LogP contribution in [-0.2, 0) is 4.79 Å². The molecule has 0 saturated heterocycles. The molecule has 0 amide bonds. The van der Waals surface area contributed by atoms with Crippen LogP contribution in [0.4, 0.5) is 0 Å². The number of allylic oxidation sites excluding steroid dienone is 1. The van der Waals surface area contributed by atoms with Crippen LogP contribution in [0.15, 0.2) is 36.9 Å². The lowest BCUT2D eigenvalue weighted by Gasteiger charge is -2.25. The molecule has 0 aliphatic carbocycles. The van der Waals surface area contributed by atoms with Gasteiger partial charge in [-0.15, -0.1) is 0 Å². The smallest absolute Gasteiger partial charge is 0.130 e. The first-order chi connectivity index (χ1) is 7.14. The molecule has 0 fully saturated rings. The highest BCUT2D eigenvalue weighted by Crippen LogP contribution is 2.35. The Morgan fingerprint density at radius 2 is 2.00 bits per heavy atom. The molecule has 0 bridgehead atoms. The Morgan fingerprint density at radius 3 is 2.47 bits per heavy atom. The van der Waals surface area contributed by atoms with E-state index >= 15 is 0 Å². The van der Waals surface area contributed by atoms with E-state index in [1.165, 1.54) is 0 Å². The zero-order chi connectivity index (χ0) is 11.3. The van der Waals surface area contributed by atoms with Gasteiger partial charge in [-0.1, -0.05) is 50.3 Å². The molecule has 1 atom stereocenters. The molecule has 0 radical (unpaired) electrons. The van der Waals surface area contributed by atoms with Crippen LogP contribution in [0.25, 0.3) is 5.57 Å². The molecule has 15 heavy (non-hydrogen) atoms. The van der Waals surface area contributed by atoms with Crippen molar-refractivity contribution < 1.29 is 4.79 Å². The van der Waals surface area contributed by atoms with Crippen molar-refractivity contribution in [1.29, 1.82) is 0 Å². The van der Waals surface area contributed by atoms with Crippen LogP contribution < -0.4 is 0 Å². The first-order valence-corrected chi connectivity index (χ1v) is 5.35. The van der Waals surface area contributed by atoms with Gasteiger partial charge in [0.05, 0.1) is 0 Å². The van der Waals surface area contributed by atoms with Crippen LogP contribution in [0.3, 0.4) is 0 Å². The minimum atomic E-state index is -0.421. The highest BCUT2D eigenvalue weighted by Gasteiger charge is 2.26. The summed E-state index contributed by atoms with van der Waals surface area (Å²) < 4.78 is 0. The van der Waals surface area contributed by atoms with Gasteiger partial charge in [0.2, 0.25) is 0 Å². The number of aldehydes is 1. The maximum atomic E-state index is 11.2. The number of carbonyl (C=O) groups excluding carboxylic acids is 1. The predicted octanol–water partition coefficient (Wildman–Crippen LogP) is 3.71. The number of carbonyl (C=O) groups is 1. The number of hydrogen-bond acceptors (Lipinski definition) is 1. The summed E-state index contributed by atoms with van der Waals surface area (Å²) in [6, 6.07) is 9.91. The molecule has 0 saturated carbocycles. The molecule has 1 aromatic carbocycles. The van der Waals surface area contributed by atoms with Gasteiger partial charge in [0.25, 0.3) is 0 Å². The number of benzene rings is 1. The quantitative estimate of drug-likeness (QED) is 0.665. The fourth-order valence-electron chi connectivity index (χ4n) is 1.77. The standard InChI is InChI=1S/C14H18O/c1-4-10-14(3,11-15)12(2)13-8-6-5-7-9-13/h5-9,11H,2,4,10H2,1,3H3/t14-/m1/s1. The molecule has 0 unspecified atom stereocenters. The molecule has 0 spiro atoms. The molecule has 1 rings (SSSR count). The van der Waals surface area contributed by atoms with E-state index in [9.17, 15) is 4.79 Å². The average Bonchev–Trinajstić information content (AvgIpc) is 2.29. The van der Waals surface area contributed by atoms with Gasteiger partial charge in [-0.2, -0.15) is 0 Å². The Kier molecular flexibility index (Phi) is 3.84. The second-order valence-electron chi connectivity index (χ2n) is 4.13. The Morgan fingerprint density at radius 1 is 1.40 bits per heavy atom. The van der Waals surface area contributed by atoms with E-state index in [0.717, 1.165) is 30.3 Å². The van der Waals surface area contributed by atoms with Gasteiger partial charge in [-0.25, -0.2) is 0 Å². The van der Waals surface area contributed by atoms with Crippen LogP contribution in [0, 0.1) is 5.41 Å². The normalized spacial score (nSPS) is 14.3. The van der Waals surface area contributed by atoms with E-state index in [0.29, 0.717) is 0 Å². The predicted molar refractivity (Wildman–Crippen MR) is 64.6 cm³/mol. The van der Waals surface area contributed by atoms with Crippen LogP contribution >= 0.6 is 0 Å². The summed E-state index contributed by atoms with van der Waals surface area (Å²) in [5.74, 6) is 0. The fourth-order valence-corrected chi connectivity index (χ4v) is 1.77. The lowest BCUT2D eigenvalue weighted by molar-refractivity contribution is -0.113. The average molecular weight is 202 g/mol. The van der Waals surface area contributed by atoms with E-state index in [2.05, 4.69) is 13.5 Å². The first kappa shape index (κ1) is 11.7. The van der Waals surface area contributed by atoms with Crippen LogP contribution in [0.5, 0.6) is 0 Å². The lowest BCUT2D eigenvalue weighted by atomic mass is 9.77. The lowest BCUT2D eigenvalue weighted by Crippen LogP contribution is -2.19. The summed E-state index contributed by atoms with van der Waals surface area (Å²) in [6.45, 7) is 8.10. The molecule has 0 N–H and O–H groups in total. The summed E-state index contributed by atoms with van der Waals surface area (Å²) in [6.07, 6.45) is 2.86. The van der Waals surface area contributed by atoms with Crippen molar-refractivity contribution in [2.75, 3.05) is 0 Å². The summed E-state index contributed by atoms with van der Waals surface area (Å²) in [4.78, 5) is 11.2. The van der Waals surface area contributed by atoms with Crippen molar-refractivity contribution in [3.63, 3.8) is 0 Å². The fraction of sp³-hybridized carbons (Fsp3) is 0.357. The Hall–Kier alpha value is -1.37. The van der Waals surface area contributed by atoms with Gasteiger partial charge in [0.15, 0.2) is 0 Å². The maximum Gasteiger partial charge on any atom is 0.130 e. The molecule has 80 valence electrons. The minimum Gasteiger partial charge on any atom is -0.302 e. The zero-order valence-corrected chi connectivity index (χ0v) is 9.49. The number of rotatable bonds is 5. The van der Waals surface area contributed by atoms with E-state index < -0.39 is 5.41 Å². The highest BCUT2D eigenvalue weighted by molar-refractivity contribution is 5.83. The van der Waals surface area contributed by atoms with E-state index in [4.69, 9.17) is 0 Å². The third-order valence-electron chi connectivity index (χ3n) is 2.84. The Balaban J connectivity index is 2.97. The van der Waals surface area contributed by atoms with E-state index in [1.54, 1.807) is 0 Å². The second-order valence-corrected chi connectivity index (χ2v) is 4.13. The first-order valence-electron chi connectivity index (χ1n) is 5.35. The van der Waals surface area contributed by atoms with Crippen LogP contribution in [0.2, 0.25) is 0 Å². The van der Waals surface area contributed by atoms with Gasteiger partial charge in [-0.3, -0.25) is 0 Å². The summed E-state index contributed by atoms with van der Waals surface area (Å²) in [5.41, 5.74) is 1.55. The van der Waals surface area contributed by atoms with E-state index in [1.807, 2.05) is 37.3 Å². The second kappa shape index (κ2) is 4.92. The van der Waals surface area contributed by atoms with Crippen LogP contribution in [-0.4, -0.2) is 6.29 Å². The molecular formula is C14H18O. The van der Waals surface area contributed by atoms with Crippen molar-refractivity contribution in [2.45, 2.75) is 26.7 Å². The third-order valence-corrected chi connectivity index (χ3v) is 2.84. The summed E-state index contributed by atoms with van der Waals surface area (Å²) >= 11 is 0. The molecule has 1 nitrogen and oxygen atoms in total. The van der Waals surface area contributed by atoms with Gasteiger partial charge < -0.3 is 4.79 Å². The summed E-state index contributed by atoms with van der Waals surface area (Å²) in [7, 11) is 0. The topological polar surface area (TPSA) is 17.1 Å². The monoisotopic (exact) mass is 202 g/mol. The van der Waals surface area contributed by atoms with Gasteiger partial charge in [0, 0.05) is 5.41 Å². The molecule has 1 heteroatoms. The van der Waals surface area contributed by atoms with Gasteiger partial charge in [-0.05, 0) is 24.5 Å². The largest absolute Gasteiger partial charge is 0.302 e. The molecule has 0 heterocycles. The van der Waals surface area contributed by atoms with Crippen molar-refractivity contribution >= 4 is 11.9 Å². The van der Waals surface area contributed by atoms with Crippen molar-refractivity contribution in [3.8, 4) is 0 Å². The van der Waals surface area contributed by atoms with Gasteiger partial charge >= 0.3 is 0 Å².